The molecule has 0 amide bonds. The highest BCUT2D eigenvalue weighted by atomic mass is 16.5. The Morgan fingerprint density at radius 3 is 2.93 bits per heavy atom. The standard InChI is InChI=1S/C12H25NO2/c1-3-13-12(6-5-8-14-4-2)11-7-9-15-10-11/h11-13H,3-10H2,1-2H3. The van der Waals surface area contributed by atoms with Gasteiger partial charge in [0.15, 0.2) is 0 Å². The first-order chi connectivity index (χ1) is 7.38. The molecule has 0 aliphatic carbocycles. The molecule has 3 heteroatoms. The van der Waals surface area contributed by atoms with Gasteiger partial charge < -0.3 is 14.8 Å². The molecule has 3 nitrogen and oxygen atoms in total. The van der Waals surface area contributed by atoms with E-state index in [9.17, 15) is 0 Å². The van der Waals surface area contributed by atoms with Gasteiger partial charge in [-0.25, -0.2) is 0 Å². The summed E-state index contributed by atoms with van der Waals surface area (Å²) >= 11 is 0. The number of rotatable bonds is 8. The van der Waals surface area contributed by atoms with Crippen LogP contribution in [0.4, 0.5) is 0 Å². The molecule has 0 radical (unpaired) electrons. The van der Waals surface area contributed by atoms with Crippen LogP contribution in [0.2, 0.25) is 0 Å². The smallest absolute Gasteiger partial charge is 0.0510 e. The van der Waals surface area contributed by atoms with Crippen LogP contribution in [0.3, 0.4) is 0 Å². The van der Waals surface area contributed by atoms with E-state index in [0.29, 0.717) is 12.0 Å². The minimum atomic E-state index is 0.623. The lowest BCUT2D eigenvalue weighted by atomic mass is 9.95. The molecule has 1 rings (SSSR count). The second kappa shape index (κ2) is 8.08. The first-order valence-corrected chi connectivity index (χ1v) is 6.27. The molecule has 1 N–H and O–H groups in total. The van der Waals surface area contributed by atoms with Crippen LogP contribution in [0, 0.1) is 5.92 Å². The summed E-state index contributed by atoms with van der Waals surface area (Å²) in [5, 5.41) is 3.57. The maximum atomic E-state index is 5.44. The molecule has 2 atom stereocenters. The number of hydrogen-bond donors (Lipinski definition) is 1. The molecular weight excluding hydrogens is 190 g/mol. The Morgan fingerprint density at radius 1 is 1.47 bits per heavy atom. The van der Waals surface area contributed by atoms with Crippen LogP contribution in [-0.4, -0.2) is 39.0 Å². The van der Waals surface area contributed by atoms with Crippen molar-refractivity contribution in [2.24, 2.45) is 5.92 Å². The van der Waals surface area contributed by atoms with Crippen molar-refractivity contribution in [2.45, 2.75) is 39.2 Å². The van der Waals surface area contributed by atoms with Gasteiger partial charge in [0, 0.05) is 25.9 Å². The largest absolute Gasteiger partial charge is 0.382 e. The van der Waals surface area contributed by atoms with Crippen LogP contribution >= 0.6 is 0 Å². The fourth-order valence-corrected chi connectivity index (χ4v) is 2.19. The molecule has 1 saturated heterocycles. The van der Waals surface area contributed by atoms with Gasteiger partial charge >= 0.3 is 0 Å². The third-order valence-electron chi connectivity index (χ3n) is 3.01. The van der Waals surface area contributed by atoms with E-state index in [1.807, 2.05) is 6.92 Å². The third-order valence-corrected chi connectivity index (χ3v) is 3.01. The molecule has 1 heterocycles. The topological polar surface area (TPSA) is 30.5 Å². The Labute approximate surface area is 93.5 Å². The van der Waals surface area contributed by atoms with Crippen molar-refractivity contribution in [1.29, 1.82) is 0 Å². The van der Waals surface area contributed by atoms with E-state index < -0.39 is 0 Å². The molecule has 90 valence electrons. The van der Waals surface area contributed by atoms with Crippen LogP contribution in [0.5, 0.6) is 0 Å². The third kappa shape index (κ3) is 4.96. The summed E-state index contributed by atoms with van der Waals surface area (Å²) in [4.78, 5) is 0. The molecule has 1 aliphatic rings. The van der Waals surface area contributed by atoms with E-state index in [4.69, 9.17) is 9.47 Å². The average Bonchev–Trinajstić information content (AvgIpc) is 2.76. The molecule has 1 fully saturated rings. The predicted octanol–water partition coefficient (Wildman–Crippen LogP) is 1.82. The van der Waals surface area contributed by atoms with Crippen LogP contribution in [0.15, 0.2) is 0 Å². The van der Waals surface area contributed by atoms with Crippen LogP contribution in [0.25, 0.3) is 0 Å². The molecule has 0 saturated carbocycles. The lowest BCUT2D eigenvalue weighted by Gasteiger charge is -2.23. The quantitative estimate of drug-likeness (QED) is 0.626. The van der Waals surface area contributed by atoms with E-state index in [2.05, 4.69) is 12.2 Å². The Morgan fingerprint density at radius 2 is 2.33 bits per heavy atom. The first-order valence-electron chi connectivity index (χ1n) is 6.27. The Hall–Kier alpha value is -0.120. The molecule has 2 unspecified atom stereocenters. The molecule has 0 aromatic rings. The molecular formula is C12H25NO2. The Bertz CT molecular complexity index is 147. The summed E-state index contributed by atoms with van der Waals surface area (Å²) in [7, 11) is 0. The van der Waals surface area contributed by atoms with Gasteiger partial charge in [-0.2, -0.15) is 0 Å². The fourth-order valence-electron chi connectivity index (χ4n) is 2.19. The molecule has 0 aromatic carbocycles. The predicted molar refractivity (Wildman–Crippen MR) is 62.1 cm³/mol. The summed E-state index contributed by atoms with van der Waals surface area (Å²) in [5.41, 5.74) is 0. The summed E-state index contributed by atoms with van der Waals surface area (Å²) in [6.07, 6.45) is 3.58. The van der Waals surface area contributed by atoms with Gasteiger partial charge in [0.2, 0.25) is 0 Å². The lowest BCUT2D eigenvalue weighted by molar-refractivity contribution is 0.135. The summed E-state index contributed by atoms with van der Waals surface area (Å²) in [5.74, 6) is 0.714. The SMILES string of the molecule is CCNC(CCCOCC)C1CCOC1. The number of ether oxygens (including phenoxy) is 2. The molecule has 0 aromatic heterocycles. The molecule has 15 heavy (non-hydrogen) atoms. The van der Waals surface area contributed by atoms with Crippen molar-refractivity contribution < 1.29 is 9.47 Å². The van der Waals surface area contributed by atoms with Gasteiger partial charge in [0.05, 0.1) is 6.61 Å². The summed E-state index contributed by atoms with van der Waals surface area (Å²) < 4.78 is 10.8. The van der Waals surface area contributed by atoms with Crippen molar-refractivity contribution in [2.75, 3.05) is 33.0 Å². The monoisotopic (exact) mass is 215 g/mol. The summed E-state index contributed by atoms with van der Waals surface area (Å²) in [6, 6.07) is 0.623. The van der Waals surface area contributed by atoms with Gasteiger partial charge in [-0.3, -0.25) is 0 Å². The highest BCUT2D eigenvalue weighted by Gasteiger charge is 2.24. The van der Waals surface area contributed by atoms with Gasteiger partial charge in [-0.05, 0) is 38.6 Å². The zero-order valence-corrected chi connectivity index (χ0v) is 10.1. The van der Waals surface area contributed by atoms with E-state index in [0.717, 1.165) is 39.4 Å². The van der Waals surface area contributed by atoms with Crippen LogP contribution in [-0.2, 0) is 9.47 Å². The van der Waals surface area contributed by atoms with Gasteiger partial charge in [0.25, 0.3) is 0 Å². The second-order valence-corrected chi connectivity index (χ2v) is 4.13. The number of hydrogen-bond acceptors (Lipinski definition) is 3. The van der Waals surface area contributed by atoms with E-state index >= 15 is 0 Å². The minimum absolute atomic E-state index is 0.623. The van der Waals surface area contributed by atoms with E-state index in [-0.39, 0.29) is 0 Å². The van der Waals surface area contributed by atoms with Crippen molar-refractivity contribution in [3.05, 3.63) is 0 Å². The molecule has 0 bridgehead atoms. The Kier molecular flexibility index (Phi) is 6.98. The fraction of sp³-hybridized carbons (Fsp3) is 1.00. The average molecular weight is 215 g/mol. The van der Waals surface area contributed by atoms with Crippen molar-refractivity contribution in [3.8, 4) is 0 Å². The van der Waals surface area contributed by atoms with Crippen molar-refractivity contribution in [1.82, 2.24) is 5.32 Å². The van der Waals surface area contributed by atoms with E-state index in [1.54, 1.807) is 0 Å². The zero-order chi connectivity index (χ0) is 10.9. The van der Waals surface area contributed by atoms with Crippen LogP contribution < -0.4 is 5.32 Å². The van der Waals surface area contributed by atoms with E-state index in [1.165, 1.54) is 12.8 Å². The normalized spacial score (nSPS) is 23.2. The maximum Gasteiger partial charge on any atom is 0.0510 e. The van der Waals surface area contributed by atoms with Gasteiger partial charge in [-0.15, -0.1) is 0 Å². The second-order valence-electron chi connectivity index (χ2n) is 4.13. The highest BCUT2D eigenvalue weighted by Crippen LogP contribution is 2.19. The zero-order valence-electron chi connectivity index (χ0n) is 10.1. The first kappa shape index (κ1) is 12.9. The Balaban J connectivity index is 2.17. The summed E-state index contributed by atoms with van der Waals surface area (Å²) in [6.45, 7) is 8.88. The molecule has 0 spiro atoms. The highest BCUT2D eigenvalue weighted by molar-refractivity contribution is 4.78. The van der Waals surface area contributed by atoms with Crippen LogP contribution in [0.1, 0.15) is 33.1 Å². The van der Waals surface area contributed by atoms with Crippen molar-refractivity contribution >= 4 is 0 Å². The van der Waals surface area contributed by atoms with Crippen molar-refractivity contribution in [3.63, 3.8) is 0 Å². The minimum Gasteiger partial charge on any atom is -0.382 e. The lowest BCUT2D eigenvalue weighted by Crippen LogP contribution is -2.36. The maximum absolute atomic E-state index is 5.44. The van der Waals surface area contributed by atoms with Gasteiger partial charge in [-0.1, -0.05) is 6.92 Å². The number of nitrogens with one attached hydrogen (secondary N) is 1. The molecule has 1 aliphatic heterocycles. The van der Waals surface area contributed by atoms with Gasteiger partial charge in [0.1, 0.15) is 0 Å².